The highest BCUT2D eigenvalue weighted by atomic mass is 32.3. The number of hydrogen-bond donors (Lipinski definition) is 3. The molecule has 12 heteroatoms. The second-order valence-electron chi connectivity index (χ2n) is 8.80. The Labute approximate surface area is 192 Å². The van der Waals surface area contributed by atoms with Crippen LogP contribution >= 0.6 is 0 Å². The highest BCUT2D eigenvalue weighted by molar-refractivity contribution is 7.81. The molecule has 0 spiro atoms. The Morgan fingerprint density at radius 2 is 2.03 bits per heavy atom. The van der Waals surface area contributed by atoms with Gasteiger partial charge in [-0.15, -0.1) is 0 Å². The number of aromatic nitrogens is 2. The topological polar surface area (TPSA) is 152 Å². The minimum absolute atomic E-state index is 0.0297. The first-order valence-electron chi connectivity index (χ1n) is 10.8. The number of nitrogens with zero attached hydrogens (tertiary/aromatic N) is 4. The SMILES string of the molecule is CC1(CN)CCN(c2cnc(C(=N)N3CCCc4c(OS(=O)(=O)F)cccc43)c(N)n2)CC1. The van der Waals surface area contributed by atoms with Crippen molar-refractivity contribution in [3.05, 3.63) is 35.7 Å². The second kappa shape index (κ2) is 8.75. The molecule has 1 aromatic carbocycles. The van der Waals surface area contributed by atoms with Crippen molar-refractivity contribution in [3.8, 4) is 5.75 Å². The third-order valence-corrected chi connectivity index (χ3v) is 6.84. The molecule has 3 heterocycles. The summed E-state index contributed by atoms with van der Waals surface area (Å²) in [5.41, 5.74) is 13.5. The van der Waals surface area contributed by atoms with Crippen LogP contribution in [0.3, 0.4) is 0 Å². The molecule has 2 aromatic rings. The third-order valence-electron chi connectivity index (χ3n) is 6.47. The van der Waals surface area contributed by atoms with E-state index < -0.39 is 10.5 Å². The van der Waals surface area contributed by atoms with Crippen LogP contribution in [0.5, 0.6) is 5.75 Å². The summed E-state index contributed by atoms with van der Waals surface area (Å²) in [6.45, 7) is 4.93. The van der Waals surface area contributed by atoms with Crippen molar-refractivity contribution in [1.82, 2.24) is 9.97 Å². The third kappa shape index (κ3) is 4.86. The van der Waals surface area contributed by atoms with Gasteiger partial charge in [0.1, 0.15) is 11.5 Å². The molecular formula is C21H28FN7O3S. The maximum absolute atomic E-state index is 13.1. The standard InChI is InChI=1S/C21H28FN7O3S/c1-21(13-23)7-10-28(11-8-21)17-12-26-18(19(24)27-17)20(25)29-9-3-4-14-15(29)5-2-6-16(14)32-33(22,30)31/h2,5-6,12,25H,3-4,7-11,13,23H2,1H3,(H2,24,27). The Balaban J connectivity index is 1.57. The van der Waals surface area contributed by atoms with E-state index in [1.165, 1.54) is 6.07 Å². The summed E-state index contributed by atoms with van der Waals surface area (Å²) in [5, 5.41) is 8.72. The van der Waals surface area contributed by atoms with E-state index >= 15 is 0 Å². The normalized spacial score (nSPS) is 18.0. The van der Waals surface area contributed by atoms with E-state index in [4.69, 9.17) is 16.9 Å². The molecule has 1 fully saturated rings. The molecule has 0 atom stereocenters. The van der Waals surface area contributed by atoms with Gasteiger partial charge in [0, 0.05) is 30.9 Å². The molecule has 0 aliphatic carbocycles. The van der Waals surface area contributed by atoms with Crippen LogP contribution in [0, 0.1) is 10.8 Å². The van der Waals surface area contributed by atoms with Crippen molar-refractivity contribution in [1.29, 1.82) is 5.41 Å². The minimum atomic E-state index is -5.16. The van der Waals surface area contributed by atoms with Gasteiger partial charge in [-0.05, 0) is 49.8 Å². The van der Waals surface area contributed by atoms with Gasteiger partial charge in [-0.2, -0.15) is 8.42 Å². The Morgan fingerprint density at radius 1 is 1.30 bits per heavy atom. The van der Waals surface area contributed by atoms with Crippen LogP contribution in [0.25, 0.3) is 0 Å². The largest absolute Gasteiger partial charge is 0.488 e. The lowest BCUT2D eigenvalue weighted by Crippen LogP contribution is -2.42. The van der Waals surface area contributed by atoms with Gasteiger partial charge in [0.25, 0.3) is 0 Å². The van der Waals surface area contributed by atoms with Crippen LogP contribution in [-0.4, -0.2) is 50.4 Å². The average Bonchev–Trinajstić information content (AvgIpc) is 2.78. The summed E-state index contributed by atoms with van der Waals surface area (Å²) < 4.78 is 39.6. The lowest BCUT2D eigenvalue weighted by molar-refractivity contribution is 0.258. The zero-order valence-electron chi connectivity index (χ0n) is 18.4. The number of nitrogen functional groups attached to an aromatic ring is 1. The van der Waals surface area contributed by atoms with Gasteiger partial charge in [0.2, 0.25) is 0 Å². The molecular weight excluding hydrogens is 449 g/mol. The van der Waals surface area contributed by atoms with Gasteiger partial charge in [0.05, 0.1) is 6.20 Å². The fourth-order valence-corrected chi connectivity index (χ4v) is 4.72. The number of rotatable bonds is 5. The number of hydrogen-bond acceptors (Lipinski definition) is 9. The summed E-state index contributed by atoms with van der Waals surface area (Å²) >= 11 is 0. The Morgan fingerprint density at radius 3 is 2.67 bits per heavy atom. The maximum atomic E-state index is 13.1. The second-order valence-corrected chi connectivity index (χ2v) is 9.75. The van der Waals surface area contributed by atoms with Gasteiger partial charge in [-0.1, -0.05) is 16.9 Å². The summed E-state index contributed by atoms with van der Waals surface area (Å²) in [4.78, 5) is 12.7. The van der Waals surface area contributed by atoms with E-state index in [1.807, 2.05) is 0 Å². The molecule has 0 saturated carbocycles. The number of anilines is 3. The molecule has 0 unspecified atom stereocenters. The Kier molecular flexibility index (Phi) is 6.14. The smallest absolute Gasteiger partial charge is 0.382 e. The molecule has 1 aromatic heterocycles. The lowest BCUT2D eigenvalue weighted by Gasteiger charge is -2.39. The first-order chi connectivity index (χ1) is 15.6. The fourth-order valence-electron chi connectivity index (χ4n) is 4.35. The molecule has 4 rings (SSSR count). The van der Waals surface area contributed by atoms with E-state index in [9.17, 15) is 12.3 Å². The van der Waals surface area contributed by atoms with Crippen LogP contribution in [0.15, 0.2) is 24.4 Å². The highest BCUT2D eigenvalue weighted by Crippen LogP contribution is 2.36. The number of fused-ring (bicyclic) bond motifs is 1. The van der Waals surface area contributed by atoms with E-state index in [-0.39, 0.29) is 28.5 Å². The summed E-state index contributed by atoms with van der Waals surface area (Å²) in [6, 6.07) is 4.66. The van der Waals surface area contributed by atoms with Gasteiger partial charge in [-0.3, -0.25) is 5.41 Å². The van der Waals surface area contributed by atoms with Gasteiger partial charge in [-0.25, -0.2) is 9.97 Å². The van der Waals surface area contributed by atoms with Crippen molar-refractivity contribution in [2.24, 2.45) is 11.1 Å². The van der Waals surface area contributed by atoms with Crippen molar-refractivity contribution < 1.29 is 16.5 Å². The van der Waals surface area contributed by atoms with E-state index in [0.29, 0.717) is 43.0 Å². The van der Waals surface area contributed by atoms with Gasteiger partial charge in [0.15, 0.2) is 17.4 Å². The highest BCUT2D eigenvalue weighted by Gasteiger charge is 2.30. The van der Waals surface area contributed by atoms with Crippen molar-refractivity contribution in [2.45, 2.75) is 32.6 Å². The molecule has 10 nitrogen and oxygen atoms in total. The number of piperidine rings is 1. The minimum Gasteiger partial charge on any atom is -0.382 e. The fraction of sp³-hybridized carbons (Fsp3) is 0.476. The average molecular weight is 478 g/mol. The van der Waals surface area contributed by atoms with Crippen molar-refractivity contribution in [3.63, 3.8) is 0 Å². The number of amidine groups is 1. The maximum Gasteiger partial charge on any atom is 0.488 e. The van der Waals surface area contributed by atoms with Gasteiger partial charge < -0.3 is 25.5 Å². The predicted octanol–water partition coefficient (Wildman–Crippen LogP) is 2.00. The Bertz CT molecular complexity index is 1170. The molecule has 1 saturated heterocycles. The molecule has 0 radical (unpaired) electrons. The first-order valence-corrected chi connectivity index (χ1v) is 12.1. The van der Waals surface area contributed by atoms with Gasteiger partial charge >= 0.3 is 10.5 Å². The van der Waals surface area contributed by atoms with E-state index in [0.717, 1.165) is 25.9 Å². The monoisotopic (exact) mass is 477 g/mol. The summed E-state index contributed by atoms with van der Waals surface area (Å²) in [7, 11) is -5.16. The van der Waals surface area contributed by atoms with Crippen molar-refractivity contribution >= 4 is 33.7 Å². The van der Waals surface area contributed by atoms with Crippen molar-refractivity contribution in [2.75, 3.05) is 41.7 Å². The summed E-state index contributed by atoms with van der Waals surface area (Å²) in [6.07, 6.45) is 4.62. The van der Waals surface area contributed by atoms with Crippen LogP contribution < -0.4 is 25.5 Å². The summed E-state index contributed by atoms with van der Waals surface area (Å²) in [5.74, 6) is 0.736. The van der Waals surface area contributed by atoms with Crippen LogP contribution in [0.1, 0.15) is 37.4 Å². The van der Waals surface area contributed by atoms with Crippen LogP contribution in [0.2, 0.25) is 0 Å². The molecule has 0 amide bonds. The molecule has 2 aliphatic heterocycles. The van der Waals surface area contributed by atoms with Crippen LogP contribution in [-0.2, 0) is 16.9 Å². The number of halogens is 1. The molecule has 0 bridgehead atoms. The molecule has 5 N–H and O–H groups in total. The molecule has 33 heavy (non-hydrogen) atoms. The molecule has 2 aliphatic rings. The lowest BCUT2D eigenvalue weighted by atomic mass is 9.80. The van der Waals surface area contributed by atoms with Crippen LogP contribution in [0.4, 0.5) is 21.2 Å². The number of nitrogens with one attached hydrogen (secondary N) is 1. The predicted molar refractivity (Wildman–Crippen MR) is 125 cm³/mol. The van der Waals surface area contributed by atoms with E-state index in [2.05, 4.69) is 26.0 Å². The Hall–Kier alpha value is -2.99. The first kappa shape index (κ1) is 23.2. The quantitative estimate of drug-likeness (QED) is 0.333. The number of benzene rings is 1. The zero-order valence-corrected chi connectivity index (χ0v) is 19.2. The number of nitrogens with two attached hydrogens (primary N) is 2. The van der Waals surface area contributed by atoms with E-state index in [1.54, 1.807) is 23.2 Å². The molecule has 178 valence electrons. The zero-order chi connectivity index (χ0) is 23.8.